The molecule has 126 valence electrons. The van der Waals surface area contributed by atoms with Gasteiger partial charge in [-0.2, -0.15) is 0 Å². The predicted octanol–water partition coefficient (Wildman–Crippen LogP) is 3.19. The molecular formula is C18H18ClFN2O2. The van der Waals surface area contributed by atoms with Gasteiger partial charge in [-0.05, 0) is 42.3 Å². The van der Waals surface area contributed by atoms with E-state index in [9.17, 15) is 14.0 Å². The van der Waals surface area contributed by atoms with Crippen molar-refractivity contribution in [1.82, 2.24) is 5.32 Å². The Kier molecular flexibility index (Phi) is 6.32. The van der Waals surface area contributed by atoms with Crippen LogP contribution < -0.4 is 10.2 Å². The fourth-order valence-corrected chi connectivity index (χ4v) is 2.41. The number of halogens is 2. The quantitative estimate of drug-likeness (QED) is 0.871. The first-order valence-corrected chi connectivity index (χ1v) is 7.88. The Morgan fingerprint density at radius 1 is 1.17 bits per heavy atom. The number of anilines is 1. The molecule has 2 amide bonds. The van der Waals surface area contributed by atoms with Crippen LogP contribution in [0.5, 0.6) is 0 Å². The maximum atomic E-state index is 12.8. The molecule has 0 aromatic heterocycles. The minimum atomic E-state index is -0.290. The highest BCUT2D eigenvalue weighted by Gasteiger charge is 2.15. The minimum Gasteiger partial charge on any atom is -0.354 e. The van der Waals surface area contributed by atoms with E-state index in [4.69, 9.17) is 11.6 Å². The average molecular weight is 349 g/mol. The molecule has 1 N–H and O–H groups in total. The zero-order valence-corrected chi connectivity index (χ0v) is 14.0. The first-order chi connectivity index (χ1) is 11.5. The predicted molar refractivity (Wildman–Crippen MR) is 92.6 cm³/mol. The maximum absolute atomic E-state index is 12.8. The number of rotatable bonds is 6. The van der Waals surface area contributed by atoms with E-state index in [0.717, 1.165) is 5.56 Å². The van der Waals surface area contributed by atoms with Crippen molar-refractivity contribution < 1.29 is 14.0 Å². The van der Waals surface area contributed by atoms with E-state index in [1.54, 1.807) is 36.4 Å². The van der Waals surface area contributed by atoms with Crippen molar-refractivity contribution >= 4 is 29.1 Å². The molecule has 0 radical (unpaired) electrons. The van der Waals surface area contributed by atoms with Gasteiger partial charge in [-0.3, -0.25) is 9.59 Å². The van der Waals surface area contributed by atoms with Crippen LogP contribution in [0.1, 0.15) is 12.5 Å². The van der Waals surface area contributed by atoms with E-state index in [1.807, 2.05) is 0 Å². The summed E-state index contributed by atoms with van der Waals surface area (Å²) < 4.78 is 12.8. The Morgan fingerprint density at radius 3 is 2.50 bits per heavy atom. The third-order valence-corrected chi connectivity index (χ3v) is 3.69. The third-order valence-electron chi connectivity index (χ3n) is 3.45. The van der Waals surface area contributed by atoms with Gasteiger partial charge in [0.05, 0.1) is 0 Å². The largest absolute Gasteiger partial charge is 0.354 e. The molecule has 0 unspecified atom stereocenters. The summed E-state index contributed by atoms with van der Waals surface area (Å²) >= 11 is 5.93. The summed E-state index contributed by atoms with van der Waals surface area (Å²) in [5, 5.41) is 3.25. The van der Waals surface area contributed by atoms with Gasteiger partial charge in [0.1, 0.15) is 12.4 Å². The van der Waals surface area contributed by atoms with E-state index in [0.29, 0.717) is 23.7 Å². The summed E-state index contributed by atoms with van der Waals surface area (Å²) in [4.78, 5) is 25.2. The monoisotopic (exact) mass is 348 g/mol. The highest BCUT2D eigenvalue weighted by atomic mass is 35.5. The number of carbonyl (C=O) groups excluding carboxylic acids is 2. The molecule has 0 atom stereocenters. The number of hydrogen-bond acceptors (Lipinski definition) is 2. The lowest BCUT2D eigenvalue weighted by molar-refractivity contribution is -0.123. The Labute approximate surface area is 145 Å². The highest BCUT2D eigenvalue weighted by Crippen LogP contribution is 2.19. The van der Waals surface area contributed by atoms with Crippen LogP contribution in [0.3, 0.4) is 0 Å². The van der Waals surface area contributed by atoms with Crippen LogP contribution in [-0.2, 0) is 16.0 Å². The van der Waals surface area contributed by atoms with Crippen LogP contribution in [0, 0.1) is 5.82 Å². The average Bonchev–Trinajstić information content (AvgIpc) is 2.54. The number of nitrogens with zero attached hydrogens (tertiary/aromatic N) is 1. The molecule has 6 heteroatoms. The van der Waals surface area contributed by atoms with Crippen molar-refractivity contribution in [2.24, 2.45) is 0 Å². The summed E-state index contributed by atoms with van der Waals surface area (Å²) in [5.41, 5.74) is 1.50. The minimum absolute atomic E-state index is 0.0842. The van der Waals surface area contributed by atoms with Gasteiger partial charge in [-0.25, -0.2) is 4.39 Å². The lowest BCUT2D eigenvalue weighted by atomic mass is 10.1. The summed E-state index contributed by atoms with van der Waals surface area (Å²) in [6.07, 6.45) is 0.587. The van der Waals surface area contributed by atoms with Gasteiger partial charge in [0.2, 0.25) is 11.8 Å². The molecule has 4 nitrogen and oxygen atoms in total. The molecular weight excluding hydrogens is 331 g/mol. The van der Waals surface area contributed by atoms with Gasteiger partial charge < -0.3 is 10.2 Å². The van der Waals surface area contributed by atoms with E-state index in [2.05, 4.69) is 5.32 Å². The molecule has 0 aliphatic carbocycles. The summed E-state index contributed by atoms with van der Waals surface area (Å²) in [5.74, 6) is -0.806. The molecule has 24 heavy (non-hydrogen) atoms. The van der Waals surface area contributed by atoms with E-state index in [-0.39, 0.29) is 24.2 Å². The molecule has 0 heterocycles. The molecule has 0 bridgehead atoms. The van der Waals surface area contributed by atoms with E-state index in [1.165, 1.54) is 24.0 Å². The van der Waals surface area contributed by atoms with Crippen molar-refractivity contribution in [3.05, 3.63) is 64.9 Å². The lowest BCUT2D eigenvalue weighted by Crippen LogP contribution is -2.40. The number of hydrogen-bond donors (Lipinski definition) is 1. The molecule has 2 rings (SSSR count). The van der Waals surface area contributed by atoms with Gasteiger partial charge in [0, 0.05) is 24.2 Å². The molecule has 0 saturated carbocycles. The lowest BCUT2D eigenvalue weighted by Gasteiger charge is -2.21. The Hall–Kier alpha value is -2.40. The smallest absolute Gasteiger partial charge is 0.240 e. The first-order valence-electron chi connectivity index (χ1n) is 7.50. The molecule has 2 aromatic carbocycles. The second-order valence-electron chi connectivity index (χ2n) is 5.31. The van der Waals surface area contributed by atoms with E-state index < -0.39 is 0 Å². The van der Waals surface area contributed by atoms with Gasteiger partial charge in [0.25, 0.3) is 0 Å². The van der Waals surface area contributed by atoms with Gasteiger partial charge in [-0.15, -0.1) is 0 Å². The van der Waals surface area contributed by atoms with Crippen molar-refractivity contribution in [2.75, 3.05) is 18.0 Å². The standard InChI is InChI=1S/C18H18ClFN2O2/c1-13(23)22(17-4-2-3-15(19)11-17)12-18(24)21-10-9-14-5-7-16(20)8-6-14/h2-8,11H,9-10,12H2,1H3,(H,21,24). The Bertz CT molecular complexity index is 719. The van der Waals surface area contributed by atoms with Crippen LogP contribution in [0.4, 0.5) is 10.1 Å². The zero-order chi connectivity index (χ0) is 17.5. The van der Waals surface area contributed by atoms with Crippen molar-refractivity contribution in [3.63, 3.8) is 0 Å². The summed E-state index contributed by atoms with van der Waals surface area (Å²) in [7, 11) is 0. The summed E-state index contributed by atoms with van der Waals surface area (Å²) in [6, 6.07) is 12.9. The van der Waals surface area contributed by atoms with Crippen LogP contribution >= 0.6 is 11.6 Å². The second-order valence-corrected chi connectivity index (χ2v) is 5.75. The fourth-order valence-electron chi connectivity index (χ4n) is 2.23. The maximum Gasteiger partial charge on any atom is 0.240 e. The first kappa shape index (κ1) is 17.9. The Balaban J connectivity index is 1.89. The molecule has 0 spiro atoms. The topological polar surface area (TPSA) is 49.4 Å². The van der Waals surface area contributed by atoms with Gasteiger partial charge >= 0.3 is 0 Å². The van der Waals surface area contributed by atoms with Gasteiger partial charge in [0.15, 0.2) is 0 Å². The van der Waals surface area contributed by atoms with Crippen LogP contribution in [0.15, 0.2) is 48.5 Å². The summed E-state index contributed by atoms with van der Waals surface area (Å²) in [6.45, 7) is 1.72. The van der Waals surface area contributed by atoms with Crippen LogP contribution in [0.2, 0.25) is 5.02 Å². The number of benzene rings is 2. The second kappa shape index (κ2) is 8.45. The number of carbonyl (C=O) groups is 2. The number of nitrogens with one attached hydrogen (secondary N) is 1. The third kappa shape index (κ3) is 5.35. The SMILES string of the molecule is CC(=O)N(CC(=O)NCCc1ccc(F)cc1)c1cccc(Cl)c1. The zero-order valence-electron chi connectivity index (χ0n) is 13.3. The van der Waals surface area contributed by atoms with Crippen molar-refractivity contribution in [2.45, 2.75) is 13.3 Å². The van der Waals surface area contributed by atoms with E-state index >= 15 is 0 Å². The van der Waals surface area contributed by atoms with Crippen molar-refractivity contribution in [3.8, 4) is 0 Å². The van der Waals surface area contributed by atoms with Crippen LogP contribution in [-0.4, -0.2) is 24.9 Å². The molecule has 0 aliphatic rings. The highest BCUT2D eigenvalue weighted by molar-refractivity contribution is 6.30. The Morgan fingerprint density at radius 2 is 1.88 bits per heavy atom. The van der Waals surface area contributed by atoms with Crippen molar-refractivity contribution in [1.29, 1.82) is 0 Å². The number of amides is 2. The van der Waals surface area contributed by atoms with Gasteiger partial charge in [-0.1, -0.05) is 29.8 Å². The van der Waals surface area contributed by atoms with Crippen LogP contribution in [0.25, 0.3) is 0 Å². The molecule has 0 saturated heterocycles. The molecule has 2 aromatic rings. The fraction of sp³-hybridized carbons (Fsp3) is 0.222. The molecule has 0 aliphatic heterocycles. The molecule has 0 fully saturated rings. The normalized spacial score (nSPS) is 10.3.